The second-order valence-electron chi connectivity index (χ2n) is 2.36. The predicted octanol–water partition coefficient (Wildman–Crippen LogP) is 1.12. The molecule has 0 amide bonds. The number of anilines is 1. The summed E-state index contributed by atoms with van der Waals surface area (Å²) in [6.07, 6.45) is 1.54. The number of thiazole rings is 1. The minimum absolute atomic E-state index is 0.348. The number of hydrogen-bond acceptors (Lipinski definition) is 4. The minimum atomic E-state index is -3.43. The van der Waals surface area contributed by atoms with Crippen molar-refractivity contribution < 1.29 is 8.42 Å². The van der Waals surface area contributed by atoms with Crippen molar-refractivity contribution in [3.05, 3.63) is 9.98 Å². The summed E-state index contributed by atoms with van der Waals surface area (Å²) in [6.45, 7) is 0. The second-order valence-corrected chi connectivity index (χ2v) is 6.65. The lowest BCUT2D eigenvalue weighted by Gasteiger charge is -2.10. The first kappa shape index (κ1) is 10.9. The molecule has 0 aromatic carbocycles. The van der Waals surface area contributed by atoms with Gasteiger partial charge in [0.15, 0.2) is 5.13 Å². The molecule has 0 saturated carbocycles. The minimum Gasteiger partial charge on any atom is -0.246 e. The van der Waals surface area contributed by atoms with Crippen LogP contribution in [0, 0.1) is 0 Å². The Bertz CT molecular complexity index is 386. The maximum absolute atomic E-state index is 11.3. The third-order valence-corrected chi connectivity index (χ3v) is 4.11. The third-order valence-electron chi connectivity index (χ3n) is 1.17. The lowest BCUT2D eigenvalue weighted by molar-refractivity contribution is 0.527. The van der Waals surface area contributed by atoms with Crippen molar-refractivity contribution in [2.24, 2.45) is 0 Å². The predicted molar refractivity (Wildman–Crippen MR) is 56.0 cm³/mol. The van der Waals surface area contributed by atoms with Gasteiger partial charge in [-0.1, -0.05) is 11.3 Å². The van der Waals surface area contributed by atoms with Gasteiger partial charge in [-0.15, -0.1) is 0 Å². The molecule has 1 aromatic rings. The second kappa shape index (κ2) is 3.91. The largest absolute Gasteiger partial charge is 0.302 e. The Balaban J connectivity index is 2.81. The van der Waals surface area contributed by atoms with Crippen LogP contribution >= 0.6 is 27.3 Å². The van der Waals surface area contributed by atoms with Gasteiger partial charge < -0.3 is 0 Å². The maximum Gasteiger partial charge on any atom is 0.302 e. The number of rotatable bonds is 3. The van der Waals surface area contributed by atoms with E-state index in [1.54, 1.807) is 0 Å². The van der Waals surface area contributed by atoms with Crippen molar-refractivity contribution >= 4 is 42.6 Å². The zero-order chi connectivity index (χ0) is 10.1. The van der Waals surface area contributed by atoms with Crippen molar-refractivity contribution in [2.45, 2.75) is 0 Å². The number of nitrogens with zero attached hydrogens (tertiary/aromatic N) is 2. The van der Waals surface area contributed by atoms with Gasteiger partial charge in [0.05, 0.1) is 9.98 Å². The maximum atomic E-state index is 11.3. The molecule has 1 rings (SSSR count). The van der Waals surface area contributed by atoms with Gasteiger partial charge in [0, 0.05) is 14.1 Å². The van der Waals surface area contributed by atoms with E-state index < -0.39 is 10.2 Å². The summed E-state index contributed by atoms with van der Waals surface area (Å²) in [4.78, 5) is 3.84. The first-order valence-corrected chi connectivity index (χ1v) is 6.28. The number of halogens is 1. The topological polar surface area (TPSA) is 62.3 Å². The molecule has 8 heteroatoms. The molecule has 1 heterocycles. The van der Waals surface area contributed by atoms with Crippen LogP contribution in [0.4, 0.5) is 5.13 Å². The quantitative estimate of drug-likeness (QED) is 0.906. The summed E-state index contributed by atoms with van der Waals surface area (Å²) in [5, 5.41) is 0.348. The lowest BCUT2D eigenvalue weighted by Crippen LogP contribution is -2.28. The van der Waals surface area contributed by atoms with Crippen LogP contribution in [0.15, 0.2) is 9.98 Å². The van der Waals surface area contributed by atoms with E-state index in [0.717, 1.165) is 8.09 Å². The van der Waals surface area contributed by atoms with Gasteiger partial charge >= 0.3 is 10.2 Å². The molecular weight excluding hydrogens is 278 g/mol. The summed E-state index contributed by atoms with van der Waals surface area (Å²) in [5.41, 5.74) is 0. The van der Waals surface area contributed by atoms with Crippen molar-refractivity contribution in [1.29, 1.82) is 0 Å². The highest BCUT2D eigenvalue weighted by Crippen LogP contribution is 2.23. The molecule has 0 bridgehead atoms. The van der Waals surface area contributed by atoms with Crippen LogP contribution in [0.2, 0.25) is 0 Å². The van der Waals surface area contributed by atoms with E-state index in [2.05, 4.69) is 25.6 Å². The molecule has 0 radical (unpaired) electrons. The van der Waals surface area contributed by atoms with E-state index >= 15 is 0 Å². The van der Waals surface area contributed by atoms with E-state index in [1.165, 1.54) is 31.6 Å². The van der Waals surface area contributed by atoms with Crippen molar-refractivity contribution in [1.82, 2.24) is 9.29 Å². The van der Waals surface area contributed by atoms with Crippen LogP contribution < -0.4 is 4.72 Å². The van der Waals surface area contributed by atoms with Crippen LogP contribution in [0.5, 0.6) is 0 Å². The molecule has 1 aromatic heterocycles. The van der Waals surface area contributed by atoms with Crippen LogP contribution in [0.25, 0.3) is 0 Å². The Morgan fingerprint density at radius 2 is 2.23 bits per heavy atom. The van der Waals surface area contributed by atoms with E-state index in [4.69, 9.17) is 0 Å². The fraction of sp³-hybridized carbons (Fsp3) is 0.400. The first-order valence-electron chi connectivity index (χ1n) is 3.23. The highest BCUT2D eigenvalue weighted by molar-refractivity contribution is 9.11. The lowest BCUT2D eigenvalue weighted by atomic mass is 11.0. The zero-order valence-corrected chi connectivity index (χ0v) is 10.2. The Morgan fingerprint density at radius 3 is 2.62 bits per heavy atom. The van der Waals surface area contributed by atoms with Crippen LogP contribution in [0.3, 0.4) is 0 Å². The Hall–Kier alpha value is -0.180. The molecule has 5 nitrogen and oxygen atoms in total. The van der Waals surface area contributed by atoms with Gasteiger partial charge in [0.1, 0.15) is 0 Å². The van der Waals surface area contributed by atoms with Crippen LogP contribution in [0.1, 0.15) is 0 Å². The number of aromatic nitrogens is 1. The standard InChI is InChI=1S/C5H8BrN3O2S2/c1-9(2)13(10,11)8-5-7-3-4(6)12-5/h3H,1-2H3,(H,7,8). The summed E-state index contributed by atoms with van der Waals surface area (Å²) >= 11 is 4.40. The van der Waals surface area contributed by atoms with Gasteiger partial charge in [-0.05, 0) is 15.9 Å². The highest BCUT2D eigenvalue weighted by atomic mass is 79.9. The molecule has 0 aliphatic heterocycles. The average Bonchev–Trinajstić information content (AvgIpc) is 2.34. The van der Waals surface area contributed by atoms with Gasteiger partial charge in [0.25, 0.3) is 0 Å². The summed E-state index contributed by atoms with van der Waals surface area (Å²) in [7, 11) is -0.529. The van der Waals surface area contributed by atoms with E-state index in [0.29, 0.717) is 5.13 Å². The summed E-state index contributed by atoms with van der Waals surface area (Å²) in [5.74, 6) is 0. The highest BCUT2D eigenvalue weighted by Gasteiger charge is 2.14. The van der Waals surface area contributed by atoms with Gasteiger partial charge in [-0.2, -0.15) is 12.7 Å². The molecule has 0 aliphatic carbocycles. The van der Waals surface area contributed by atoms with Crippen molar-refractivity contribution in [3.63, 3.8) is 0 Å². The zero-order valence-electron chi connectivity index (χ0n) is 6.98. The van der Waals surface area contributed by atoms with Crippen LogP contribution in [-0.4, -0.2) is 31.8 Å². The molecular formula is C5H8BrN3O2S2. The van der Waals surface area contributed by atoms with Crippen LogP contribution in [-0.2, 0) is 10.2 Å². The molecule has 1 N–H and O–H groups in total. The van der Waals surface area contributed by atoms with Crippen molar-refractivity contribution in [3.8, 4) is 0 Å². The fourth-order valence-corrected chi connectivity index (χ4v) is 2.40. The fourth-order valence-electron chi connectivity index (χ4n) is 0.503. The third kappa shape index (κ3) is 2.90. The van der Waals surface area contributed by atoms with E-state index in [1.807, 2.05) is 0 Å². The molecule has 0 fully saturated rings. The molecule has 13 heavy (non-hydrogen) atoms. The smallest absolute Gasteiger partial charge is 0.246 e. The van der Waals surface area contributed by atoms with E-state index in [-0.39, 0.29) is 0 Å². The number of hydrogen-bond donors (Lipinski definition) is 1. The normalized spacial score (nSPS) is 12.0. The molecule has 0 unspecified atom stereocenters. The molecule has 0 aliphatic rings. The summed E-state index contributed by atoms with van der Waals surface area (Å²) < 4.78 is 26.7. The van der Waals surface area contributed by atoms with E-state index in [9.17, 15) is 8.42 Å². The Labute approximate surface area is 89.1 Å². The van der Waals surface area contributed by atoms with Crippen molar-refractivity contribution in [2.75, 3.05) is 18.8 Å². The van der Waals surface area contributed by atoms with Gasteiger partial charge in [-0.25, -0.2) is 9.71 Å². The SMILES string of the molecule is CN(C)S(=O)(=O)Nc1ncc(Br)s1. The average molecular weight is 286 g/mol. The molecule has 0 spiro atoms. The summed E-state index contributed by atoms with van der Waals surface area (Å²) in [6, 6.07) is 0. The molecule has 74 valence electrons. The number of nitrogens with one attached hydrogen (secondary N) is 1. The molecule has 0 saturated heterocycles. The Morgan fingerprint density at radius 1 is 1.62 bits per heavy atom. The first-order chi connectivity index (χ1) is 5.92. The Kier molecular flexibility index (Phi) is 3.28. The van der Waals surface area contributed by atoms with Gasteiger partial charge in [-0.3, -0.25) is 0 Å². The monoisotopic (exact) mass is 285 g/mol. The van der Waals surface area contributed by atoms with Gasteiger partial charge in [0.2, 0.25) is 0 Å². The molecule has 0 atom stereocenters.